The lowest BCUT2D eigenvalue weighted by Crippen LogP contribution is -2.56. The van der Waals surface area contributed by atoms with Crippen molar-refractivity contribution in [2.45, 2.75) is 45.8 Å². The Kier molecular flexibility index (Phi) is 5.41. The minimum Gasteiger partial charge on any atom is -0.350 e. The highest BCUT2D eigenvalue weighted by Crippen LogP contribution is 2.23. The summed E-state index contributed by atoms with van der Waals surface area (Å²) in [7, 11) is 0. The number of aromatic nitrogens is 1. The van der Waals surface area contributed by atoms with Crippen molar-refractivity contribution < 1.29 is 4.79 Å². The van der Waals surface area contributed by atoms with Crippen LogP contribution < -0.4 is 5.32 Å². The van der Waals surface area contributed by atoms with Crippen molar-refractivity contribution in [1.29, 1.82) is 0 Å². The number of fused-ring (bicyclic) bond motifs is 1. The van der Waals surface area contributed by atoms with Crippen molar-refractivity contribution in [3.63, 3.8) is 0 Å². The number of thiazole rings is 1. The van der Waals surface area contributed by atoms with Crippen LogP contribution in [0.1, 0.15) is 32.7 Å². The average molecular weight is 361 g/mol. The molecule has 1 atom stereocenters. The molecule has 136 valence electrons. The Bertz CT molecular complexity index is 695. The number of amides is 1. The summed E-state index contributed by atoms with van der Waals surface area (Å²) in [6, 6.07) is 8.22. The zero-order chi connectivity index (χ0) is 18.0. The first kappa shape index (κ1) is 18.3. The lowest BCUT2D eigenvalue weighted by atomic mass is 10.1. The van der Waals surface area contributed by atoms with Crippen molar-refractivity contribution in [1.82, 2.24) is 20.1 Å². The molecule has 1 fully saturated rings. The molecule has 0 bridgehead atoms. The van der Waals surface area contributed by atoms with Crippen LogP contribution in [0.5, 0.6) is 0 Å². The fraction of sp³-hybridized carbons (Fsp3) is 0.579. The van der Waals surface area contributed by atoms with Crippen LogP contribution in [0.3, 0.4) is 0 Å². The normalized spacial score (nSPS) is 18.4. The molecule has 3 rings (SSSR count). The molecule has 0 saturated carbocycles. The summed E-state index contributed by atoms with van der Waals surface area (Å²) in [5.41, 5.74) is 0.911. The Labute approximate surface area is 154 Å². The zero-order valence-corrected chi connectivity index (χ0v) is 16.4. The highest BCUT2D eigenvalue weighted by Gasteiger charge is 2.27. The first-order chi connectivity index (χ1) is 11.8. The monoisotopic (exact) mass is 360 g/mol. The second kappa shape index (κ2) is 7.40. The Morgan fingerprint density at radius 3 is 2.56 bits per heavy atom. The van der Waals surface area contributed by atoms with Crippen LogP contribution in [-0.2, 0) is 11.3 Å². The maximum absolute atomic E-state index is 12.4. The van der Waals surface area contributed by atoms with Gasteiger partial charge in [-0.2, -0.15) is 0 Å². The number of hydrogen-bond acceptors (Lipinski definition) is 5. The van der Waals surface area contributed by atoms with Gasteiger partial charge in [-0.05, 0) is 39.8 Å². The van der Waals surface area contributed by atoms with Gasteiger partial charge in [-0.1, -0.05) is 12.1 Å². The van der Waals surface area contributed by atoms with E-state index in [4.69, 9.17) is 4.98 Å². The molecule has 1 aromatic carbocycles. The predicted octanol–water partition coefficient (Wildman–Crippen LogP) is 2.72. The molecule has 6 heteroatoms. The molecule has 1 amide bonds. The first-order valence-corrected chi connectivity index (χ1v) is 9.76. The van der Waals surface area contributed by atoms with Gasteiger partial charge in [0.2, 0.25) is 5.91 Å². The van der Waals surface area contributed by atoms with E-state index in [1.807, 2.05) is 33.8 Å². The molecule has 0 unspecified atom stereocenters. The van der Waals surface area contributed by atoms with E-state index in [0.29, 0.717) is 0 Å². The van der Waals surface area contributed by atoms with Gasteiger partial charge in [0.05, 0.1) is 22.8 Å². The van der Waals surface area contributed by atoms with E-state index >= 15 is 0 Å². The minimum atomic E-state index is -0.181. The number of nitrogens with zero attached hydrogens (tertiary/aromatic N) is 3. The van der Waals surface area contributed by atoms with Crippen LogP contribution in [0.15, 0.2) is 24.3 Å². The fourth-order valence-electron chi connectivity index (χ4n) is 3.13. The molecule has 25 heavy (non-hydrogen) atoms. The van der Waals surface area contributed by atoms with Crippen LogP contribution >= 0.6 is 11.3 Å². The molecular weight excluding hydrogens is 332 g/mol. The average Bonchev–Trinajstić information content (AvgIpc) is 2.95. The van der Waals surface area contributed by atoms with Crippen LogP contribution in [-0.4, -0.2) is 58.5 Å². The summed E-state index contributed by atoms with van der Waals surface area (Å²) in [6.07, 6.45) is 0. The zero-order valence-electron chi connectivity index (χ0n) is 15.6. The van der Waals surface area contributed by atoms with Gasteiger partial charge in [0.1, 0.15) is 5.01 Å². The summed E-state index contributed by atoms with van der Waals surface area (Å²) in [5.74, 6) is 0.118. The number of rotatable bonds is 4. The van der Waals surface area contributed by atoms with Gasteiger partial charge in [0.15, 0.2) is 0 Å². The van der Waals surface area contributed by atoms with E-state index in [1.165, 1.54) is 9.71 Å². The second-order valence-electron chi connectivity index (χ2n) is 7.80. The van der Waals surface area contributed by atoms with E-state index in [2.05, 4.69) is 33.3 Å². The molecule has 2 heterocycles. The lowest BCUT2D eigenvalue weighted by Gasteiger charge is -2.38. The molecule has 0 radical (unpaired) electrons. The van der Waals surface area contributed by atoms with Crippen LogP contribution in [0.4, 0.5) is 0 Å². The Balaban J connectivity index is 1.52. The topological polar surface area (TPSA) is 48.5 Å². The maximum Gasteiger partial charge on any atom is 0.237 e. The van der Waals surface area contributed by atoms with Crippen molar-refractivity contribution in [3.05, 3.63) is 29.3 Å². The molecule has 2 aromatic rings. The first-order valence-electron chi connectivity index (χ1n) is 8.95. The number of benzene rings is 1. The summed E-state index contributed by atoms with van der Waals surface area (Å²) < 4.78 is 1.25. The highest BCUT2D eigenvalue weighted by atomic mass is 32.1. The van der Waals surface area contributed by atoms with Crippen molar-refractivity contribution in [2.24, 2.45) is 0 Å². The summed E-state index contributed by atoms with van der Waals surface area (Å²) in [4.78, 5) is 21.8. The Hall–Kier alpha value is -1.50. The maximum atomic E-state index is 12.4. The third-order valence-corrected chi connectivity index (χ3v) is 5.55. The molecule has 0 aliphatic carbocycles. The molecule has 1 aliphatic rings. The van der Waals surface area contributed by atoms with Gasteiger partial charge in [-0.3, -0.25) is 14.6 Å². The van der Waals surface area contributed by atoms with Crippen LogP contribution in [0.25, 0.3) is 10.2 Å². The molecule has 1 aliphatic heterocycles. The predicted molar refractivity (Wildman–Crippen MR) is 104 cm³/mol. The second-order valence-corrected chi connectivity index (χ2v) is 8.92. The third-order valence-electron chi connectivity index (χ3n) is 4.53. The van der Waals surface area contributed by atoms with Gasteiger partial charge in [-0.25, -0.2) is 4.98 Å². The molecule has 0 spiro atoms. The number of carbonyl (C=O) groups excluding carboxylic acids is 1. The molecule has 1 aromatic heterocycles. The van der Waals surface area contributed by atoms with Gasteiger partial charge in [-0.15, -0.1) is 11.3 Å². The number of hydrogen-bond donors (Lipinski definition) is 1. The van der Waals surface area contributed by atoms with E-state index in [0.717, 1.165) is 38.2 Å². The Morgan fingerprint density at radius 1 is 1.24 bits per heavy atom. The third kappa shape index (κ3) is 4.77. The number of para-hydroxylation sites is 1. The van der Waals surface area contributed by atoms with Crippen molar-refractivity contribution >= 4 is 27.5 Å². The van der Waals surface area contributed by atoms with E-state index < -0.39 is 0 Å². The number of nitrogens with one attached hydrogen (secondary N) is 1. The van der Waals surface area contributed by atoms with Gasteiger partial charge in [0.25, 0.3) is 0 Å². The summed E-state index contributed by atoms with van der Waals surface area (Å²) in [5, 5.41) is 4.25. The lowest BCUT2D eigenvalue weighted by molar-refractivity contribution is -0.128. The smallest absolute Gasteiger partial charge is 0.237 e. The fourth-order valence-corrected chi connectivity index (χ4v) is 4.14. The van der Waals surface area contributed by atoms with Gasteiger partial charge < -0.3 is 5.32 Å². The standard InChI is InChI=1S/C19H28N4OS/c1-14(18(24)21-19(2,3)4)23-11-9-22(10-12-23)13-17-20-15-7-5-6-8-16(15)25-17/h5-8,14H,9-13H2,1-4H3,(H,21,24)/t14-/m0/s1. The highest BCUT2D eigenvalue weighted by molar-refractivity contribution is 7.18. The summed E-state index contributed by atoms with van der Waals surface area (Å²) in [6.45, 7) is 12.8. The SMILES string of the molecule is C[C@@H](C(=O)NC(C)(C)C)N1CCN(Cc2nc3ccccc3s2)CC1. The Morgan fingerprint density at radius 2 is 1.92 bits per heavy atom. The number of piperazine rings is 1. The number of carbonyl (C=O) groups is 1. The molecule has 1 N–H and O–H groups in total. The van der Waals surface area contributed by atoms with E-state index in [-0.39, 0.29) is 17.5 Å². The molecule has 1 saturated heterocycles. The molecule has 5 nitrogen and oxygen atoms in total. The van der Waals surface area contributed by atoms with Crippen LogP contribution in [0, 0.1) is 0 Å². The summed E-state index contributed by atoms with van der Waals surface area (Å²) >= 11 is 1.78. The van der Waals surface area contributed by atoms with E-state index in [1.54, 1.807) is 11.3 Å². The largest absolute Gasteiger partial charge is 0.350 e. The molecular formula is C19H28N4OS. The van der Waals surface area contributed by atoms with Crippen molar-refractivity contribution in [3.8, 4) is 0 Å². The van der Waals surface area contributed by atoms with Crippen LogP contribution in [0.2, 0.25) is 0 Å². The minimum absolute atomic E-state index is 0.0798. The van der Waals surface area contributed by atoms with Gasteiger partial charge in [0, 0.05) is 31.7 Å². The van der Waals surface area contributed by atoms with Crippen molar-refractivity contribution in [2.75, 3.05) is 26.2 Å². The quantitative estimate of drug-likeness (QED) is 0.911. The van der Waals surface area contributed by atoms with Gasteiger partial charge >= 0.3 is 0 Å². The van der Waals surface area contributed by atoms with E-state index in [9.17, 15) is 4.79 Å².